The van der Waals surface area contributed by atoms with E-state index in [-0.39, 0.29) is 6.61 Å². The van der Waals surface area contributed by atoms with Crippen LogP contribution in [-0.4, -0.2) is 29.4 Å². The largest absolute Gasteiger partial charge is 0.494 e. The van der Waals surface area contributed by atoms with Crippen molar-refractivity contribution in [2.75, 3.05) is 13.2 Å². The Morgan fingerprint density at radius 2 is 1.16 bits per heavy atom. The van der Waals surface area contributed by atoms with Crippen molar-refractivity contribution in [3.8, 4) is 34.0 Å². The van der Waals surface area contributed by atoms with Crippen LogP contribution in [-0.2, 0) is 0 Å². The van der Waals surface area contributed by atoms with Gasteiger partial charge in [-0.1, -0.05) is 83.8 Å². The van der Waals surface area contributed by atoms with Crippen molar-refractivity contribution < 1.29 is 13.9 Å². The summed E-state index contributed by atoms with van der Waals surface area (Å²) in [5, 5.41) is 0. The van der Waals surface area contributed by atoms with Crippen molar-refractivity contribution in [1.29, 1.82) is 0 Å². The maximum absolute atomic E-state index is 14.2. The first-order valence-electron chi connectivity index (χ1n) is 14.1. The summed E-state index contributed by atoms with van der Waals surface area (Å²) in [7, 11) is 0. The number of hydrogen-bond acceptors (Lipinski definition) is 4. The summed E-state index contributed by atoms with van der Waals surface area (Å²) < 4.78 is 25.6. The molecule has 1 aromatic heterocycles. The second kappa shape index (κ2) is 16.7. The van der Waals surface area contributed by atoms with Crippen LogP contribution in [0.5, 0.6) is 11.5 Å². The molecule has 0 amide bonds. The van der Waals surface area contributed by atoms with Gasteiger partial charge >= 0.3 is 0 Å². The zero-order valence-corrected chi connectivity index (χ0v) is 22.6. The van der Waals surface area contributed by atoms with E-state index in [1.165, 1.54) is 44.9 Å². The molecule has 0 spiro atoms. The zero-order valence-electron chi connectivity index (χ0n) is 22.6. The number of hydrogen-bond donors (Lipinski definition) is 0. The average molecular weight is 507 g/mol. The molecule has 0 aliphatic heterocycles. The minimum atomic E-state index is -0.923. The van der Waals surface area contributed by atoms with Crippen molar-refractivity contribution in [2.45, 2.75) is 90.6 Å². The fourth-order valence-electron chi connectivity index (χ4n) is 4.21. The molecule has 3 rings (SSSR count). The molecule has 1 unspecified atom stereocenters. The highest BCUT2D eigenvalue weighted by atomic mass is 19.1. The molecular weight excluding hydrogens is 463 g/mol. The monoisotopic (exact) mass is 506 g/mol. The predicted octanol–water partition coefficient (Wildman–Crippen LogP) is 9.24. The van der Waals surface area contributed by atoms with Crippen LogP contribution in [0, 0.1) is 0 Å². The topological polar surface area (TPSA) is 44.2 Å². The van der Waals surface area contributed by atoms with Gasteiger partial charge in [-0.15, -0.1) is 0 Å². The summed E-state index contributed by atoms with van der Waals surface area (Å²) in [6.45, 7) is 5.28. The maximum atomic E-state index is 14.2. The number of aromatic nitrogens is 2. The highest BCUT2D eigenvalue weighted by Crippen LogP contribution is 2.24. The molecule has 5 heteroatoms. The lowest BCUT2D eigenvalue weighted by Crippen LogP contribution is -2.12. The molecule has 4 nitrogen and oxygen atoms in total. The first kappa shape index (κ1) is 28.6. The van der Waals surface area contributed by atoms with E-state index >= 15 is 0 Å². The third-order valence-electron chi connectivity index (χ3n) is 6.52. The van der Waals surface area contributed by atoms with E-state index in [0.717, 1.165) is 48.3 Å². The van der Waals surface area contributed by atoms with Gasteiger partial charge in [0, 0.05) is 23.5 Å². The van der Waals surface area contributed by atoms with Gasteiger partial charge in [0.1, 0.15) is 24.3 Å². The van der Waals surface area contributed by atoms with Gasteiger partial charge in [-0.25, -0.2) is 14.4 Å². The third-order valence-corrected chi connectivity index (χ3v) is 6.52. The van der Waals surface area contributed by atoms with Crippen molar-refractivity contribution >= 4 is 0 Å². The highest BCUT2D eigenvalue weighted by Gasteiger charge is 2.09. The summed E-state index contributed by atoms with van der Waals surface area (Å²) >= 11 is 0. The molecule has 0 saturated carbocycles. The maximum Gasteiger partial charge on any atom is 0.159 e. The van der Waals surface area contributed by atoms with E-state index in [2.05, 4.69) is 23.8 Å². The molecule has 3 aromatic rings. The van der Waals surface area contributed by atoms with E-state index in [1.807, 2.05) is 60.9 Å². The first-order chi connectivity index (χ1) is 18.2. The number of halogens is 1. The Labute approximate surface area is 222 Å². The number of rotatable bonds is 18. The van der Waals surface area contributed by atoms with Gasteiger partial charge in [0.15, 0.2) is 5.82 Å². The minimum Gasteiger partial charge on any atom is -0.494 e. The first-order valence-corrected chi connectivity index (χ1v) is 14.1. The Hall–Kier alpha value is -2.95. The van der Waals surface area contributed by atoms with E-state index in [1.54, 1.807) is 0 Å². The van der Waals surface area contributed by atoms with Crippen molar-refractivity contribution in [2.24, 2.45) is 0 Å². The van der Waals surface area contributed by atoms with Crippen LogP contribution in [0.3, 0.4) is 0 Å². The highest BCUT2D eigenvalue weighted by molar-refractivity contribution is 5.64. The summed E-state index contributed by atoms with van der Waals surface area (Å²) in [5.41, 5.74) is 2.91. The van der Waals surface area contributed by atoms with Crippen LogP contribution < -0.4 is 9.47 Å². The lowest BCUT2D eigenvalue weighted by Gasteiger charge is -2.11. The number of alkyl halides is 1. The van der Waals surface area contributed by atoms with E-state index < -0.39 is 6.17 Å². The fraction of sp³-hybridized carbons (Fsp3) is 0.500. The Morgan fingerprint density at radius 3 is 1.81 bits per heavy atom. The van der Waals surface area contributed by atoms with Crippen LogP contribution in [0.15, 0.2) is 60.9 Å². The van der Waals surface area contributed by atoms with Crippen LogP contribution in [0.1, 0.15) is 84.5 Å². The van der Waals surface area contributed by atoms with Gasteiger partial charge in [-0.2, -0.15) is 0 Å². The van der Waals surface area contributed by atoms with Gasteiger partial charge in [0.2, 0.25) is 0 Å². The Balaban J connectivity index is 1.43. The van der Waals surface area contributed by atoms with E-state index in [4.69, 9.17) is 9.47 Å². The van der Waals surface area contributed by atoms with Gasteiger partial charge < -0.3 is 9.47 Å². The summed E-state index contributed by atoms with van der Waals surface area (Å²) in [4.78, 5) is 9.09. The minimum absolute atomic E-state index is 0.0994. The molecule has 0 fully saturated rings. The van der Waals surface area contributed by atoms with Crippen molar-refractivity contribution in [3.05, 3.63) is 60.9 Å². The normalized spacial score (nSPS) is 11.9. The Kier molecular flexibility index (Phi) is 12.9. The predicted molar refractivity (Wildman–Crippen MR) is 151 cm³/mol. The summed E-state index contributed by atoms with van der Waals surface area (Å²) in [6.07, 6.45) is 15.1. The second-order valence-corrected chi connectivity index (χ2v) is 9.72. The Bertz CT molecular complexity index is 991. The fourth-order valence-corrected chi connectivity index (χ4v) is 4.21. The molecule has 37 heavy (non-hydrogen) atoms. The molecule has 0 bridgehead atoms. The van der Waals surface area contributed by atoms with Crippen LogP contribution in [0.4, 0.5) is 4.39 Å². The second-order valence-electron chi connectivity index (χ2n) is 9.72. The third kappa shape index (κ3) is 10.5. The van der Waals surface area contributed by atoms with Gasteiger partial charge in [0.25, 0.3) is 0 Å². The smallest absolute Gasteiger partial charge is 0.159 e. The lowest BCUT2D eigenvalue weighted by molar-refractivity contribution is 0.184. The van der Waals surface area contributed by atoms with Crippen molar-refractivity contribution in [3.63, 3.8) is 0 Å². The molecule has 0 saturated heterocycles. The molecule has 1 atom stereocenters. The number of benzene rings is 2. The van der Waals surface area contributed by atoms with Gasteiger partial charge in [0.05, 0.1) is 6.61 Å². The van der Waals surface area contributed by atoms with E-state index in [0.29, 0.717) is 18.0 Å². The molecular formula is C32H43FN2O2. The molecule has 1 heterocycles. The molecule has 2 aromatic carbocycles. The van der Waals surface area contributed by atoms with Crippen LogP contribution in [0.2, 0.25) is 0 Å². The molecule has 0 N–H and O–H groups in total. The zero-order chi connectivity index (χ0) is 26.1. The average Bonchev–Trinajstić information content (AvgIpc) is 2.94. The molecule has 0 radical (unpaired) electrons. The molecule has 0 aliphatic rings. The van der Waals surface area contributed by atoms with Gasteiger partial charge in [-0.3, -0.25) is 0 Å². The van der Waals surface area contributed by atoms with E-state index in [9.17, 15) is 4.39 Å². The summed E-state index contributed by atoms with van der Waals surface area (Å²) in [5.74, 6) is 2.20. The number of nitrogens with zero attached hydrogens (tertiary/aromatic N) is 2. The SMILES string of the molecule is CCCCCCCCC(F)COc1ccc(-c2ncc(-c3ccc(OCCCCCC)cc3)cn2)cc1. The molecule has 0 aliphatic carbocycles. The van der Waals surface area contributed by atoms with Gasteiger partial charge in [-0.05, 0) is 54.8 Å². The molecule has 200 valence electrons. The standard InChI is InChI=1S/C32H43FN2O2/c1-3-5-7-9-10-11-13-29(33)25-37-31-20-16-27(17-21-31)32-34-23-28(24-35-32)26-14-18-30(19-15-26)36-22-12-8-6-4-2/h14-21,23-24,29H,3-13,22,25H2,1-2H3. The van der Waals surface area contributed by atoms with Crippen LogP contribution in [0.25, 0.3) is 22.5 Å². The number of unbranched alkanes of at least 4 members (excludes halogenated alkanes) is 8. The number of ether oxygens (including phenoxy) is 2. The van der Waals surface area contributed by atoms with Crippen LogP contribution >= 0.6 is 0 Å². The lowest BCUT2D eigenvalue weighted by atomic mass is 10.1. The quantitative estimate of drug-likeness (QED) is 0.161. The summed E-state index contributed by atoms with van der Waals surface area (Å²) in [6, 6.07) is 15.6. The van der Waals surface area contributed by atoms with Crippen molar-refractivity contribution in [1.82, 2.24) is 9.97 Å². The Morgan fingerprint density at radius 1 is 0.622 bits per heavy atom.